The molecule has 0 fully saturated rings. The smallest absolute Gasteiger partial charge is 0.370 e. The summed E-state index contributed by atoms with van der Waals surface area (Å²) in [6.45, 7) is 14.2. The van der Waals surface area contributed by atoms with Crippen molar-refractivity contribution in [1.82, 2.24) is 19.9 Å². The van der Waals surface area contributed by atoms with E-state index in [9.17, 15) is 13.2 Å². The maximum atomic E-state index is 13.4. The van der Waals surface area contributed by atoms with Crippen molar-refractivity contribution >= 4 is 33.7 Å². The van der Waals surface area contributed by atoms with E-state index in [2.05, 4.69) is 29.6 Å². The Morgan fingerprint density at radius 3 is 1.86 bits per heavy atom. The fourth-order valence-corrected chi connectivity index (χ4v) is 3.44. The quantitative estimate of drug-likeness (QED) is 0.343. The second-order valence-corrected chi connectivity index (χ2v) is 6.05. The van der Waals surface area contributed by atoms with Gasteiger partial charge in [0.2, 0.25) is 0 Å². The summed E-state index contributed by atoms with van der Waals surface area (Å²) < 4.78 is 40.3. The summed E-state index contributed by atoms with van der Waals surface area (Å²) in [6.07, 6.45) is -4.49. The topological polar surface area (TPSA) is 60.3 Å². The Morgan fingerprint density at radius 1 is 0.750 bits per heavy atom. The molecule has 0 amide bonds. The Morgan fingerprint density at radius 2 is 1.32 bits per heavy atom. The Hall–Kier alpha value is -4.11. The van der Waals surface area contributed by atoms with Crippen molar-refractivity contribution in [2.75, 3.05) is 0 Å². The highest BCUT2D eigenvalue weighted by Gasteiger charge is 2.36. The summed E-state index contributed by atoms with van der Waals surface area (Å²) in [6, 6.07) is 7.03. The number of hydrogen-bond donors (Lipinski definition) is 0. The van der Waals surface area contributed by atoms with Crippen LogP contribution in [0.25, 0.3) is 54.3 Å². The first-order valence-electron chi connectivity index (χ1n) is 7.90. The van der Waals surface area contributed by atoms with Crippen LogP contribution in [0.5, 0.6) is 0 Å². The molecule has 1 aliphatic carbocycles. The van der Waals surface area contributed by atoms with Crippen molar-refractivity contribution < 1.29 is 13.2 Å². The van der Waals surface area contributed by atoms with Gasteiger partial charge in [0.05, 0.1) is 5.56 Å². The normalized spacial score (nSPS) is 12.0. The Bertz CT molecular complexity index is 1360. The third kappa shape index (κ3) is 2.01. The molecule has 0 bridgehead atoms. The molecular weight excluding hydrogens is 369 g/mol. The van der Waals surface area contributed by atoms with Gasteiger partial charge >= 0.3 is 17.5 Å². The van der Waals surface area contributed by atoms with Crippen molar-refractivity contribution in [3.8, 4) is 22.5 Å². The lowest BCUT2D eigenvalue weighted by Crippen LogP contribution is -2.05. The molecule has 1 aliphatic rings. The number of fused-ring (bicyclic) bond motifs is 4. The number of halogens is 3. The lowest BCUT2D eigenvalue weighted by atomic mass is 9.99. The van der Waals surface area contributed by atoms with Crippen molar-refractivity contribution in [3.05, 3.63) is 58.7 Å². The van der Waals surface area contributed by atoms with E-state index in [4.69, 9.17) is 13.1 Å². The van der Waals surface area contributed by atoms with E-state index < -0.39 is 11.7 Å². The minimum Gasteiger partial charge on any atom is -0.370 e. The van der Waals surface area contributed by atoms with Gasteiger partial charge in [-0.05, 0) is 11.5 Å². The summed E-state index contributed by atoms with van der Waals surface area (Å²) in [5, 5.41) is 0.481. The summed E-state index contributed by atoms with van der Waals surface area (Å²) in [5.41, 5.74) is 1.21. The molecule has 2 heterocycles. The van der Waals surface area contributed by atoms with Gasteiger partial charge in [-0.1, -0.05) is 37.4 Å². The Kier molecular flexibility index (Phi) is 2.99. The van der Waals surface area contributed by atoms with Crippen molar-refractivity contribution in [1.29, 1.82) is 0 Å². The van der Waals surface area contributed by atoms with Gasteiger partial charge in [0.1, 0.15) is 11.4 Å². The van der Waals surface area contributed by atoms with Gasteiger partial charge in [-0.25, -0.2) is 0 Å². The maximum Gasteiger partial charge on any atom is 0.417 e. The highest BCUT2D eigenvalue weighted by atomic mass is 19.4. The lowest BCUT2D eigenvalue weighted by Gasteiger charge is -2.11. The predicted octanol–water partition coefficient (Wildman–Crippen LogP) is 5.34. The minimum atomic E-state index is -4.49. The first-order valence-corrected chi connectivity index (χ1v) is 7.90. The number of rotatable bonds is 0. The second-order valence-electron chi connectivity index (χ2n) is 6.05. The monoisotopic (exact) mass is 374 g/mol. The molecule has 2 aromatic carbocycles. The lowest BCUT2D eigenvalue weighted by molar-refractivity contribution is -0.136. The third-order valence-electron chi connectivity index (χ3n) is 4.55. The van der Waals surface area contributed by atoms with Crippen molar-refractivity contribution in [2.24, 2.45) is 0 Å². The molecule has 5 rings (SSSR count). The number of hydrogen-bond acceptors (Lipinski definition) is 4. The minimum absolute atomic E-state index is 0.0657. The molecule has 0 radical (unpaired) electrons. The van der Waals surface area contributed by atoms with Crippen LogP contribution < -0.4 is 0 Å². The molecule has 9 heteroatoms. The van der Waals surface area contributed by atoms with Gasteiger partial charge in [0.15, 0.2) is 0 Å². The highest BCUT2D eigenvalue weighted by molar-refractivity contribution is 6.15. The first kappa shape index (κ1) is 16.1. The van der Waals surface area contributed by atoms with E-state index >= 15 is 0 Å². The second kappa shape index (κ2) is 5.21. The van der Waals surface area contributed by atoms with Crippen LogP contribution in [0, 0.1) is 13.1 Å². The fourth-order valence-electron chi connectivity index (χ4n) is 3.44. The summed E-state index contributed by atoms with van der Waals surface area (Å²) in [5.74, 6) is -0.380. The van der Waals surface area contributed by atoms with Gasteiger partial charge < -0.3 is 9.69 Å². The third-order valence-corrected chi connectivity index (χ3v) is 4.55. The van der Waals surface area contributed by atoms with Crippen LogP contribution >= 0.6 is 0 Å². The van der Waals surface area contributed by atoms with E-state index in [1.807, 2.05) is 0 Å². The average molecular weight is 374 g/mol. The van der Waals surface area contributed by atoms with Crippen LogP contribution in [0.15, 0.2) is 30.3 Å². The van der Waals surface area contributed by atoms with Crippen molar-refractivity contribution in [2.45, 2.75) is 6.18 Å². The molecule has 4 aromatic rings. The van der Waals surface area contributed by atoms with Crippen molar-refractivity contribution in [3.63, 3.8) is 0 Å². The van der Waals surface area contributed by atoms with Gasteiger partial charge in [0.25, 0.3) is 11.6 Å². The van der Waals surface area contributed by atoms with Crippen LogP contribution in [-0.4, -0.2) is 19.9 Å². The summed E-state index contributed by atoms with van der Waals surface area (Å²) in [4.78, 5) is 23.2. The van der Waals surface area contributed by atoms with Crippen LogP contribution in [0.4, 0.5) is 24.8 Å². The zero-order valence-corrected chi connectivity index (χ0v) is 13.7. The zero-order chi connectivity index (χ0) is 19.6. The van der Waals surface area contributed by atoms with Crippen LogP contribution in [0.1, 0.15) is 5.56 Å². The zero-order valence-electron chi connectivity index (χ0n) is 13.7. The Labute approximate surface area is 155 Å². The van der Waals surface area contributed by atoms with E-state index in [-0.39, 0.29) is 28.3 Å². The maximum absolute atomic E-state index is 13.4. The van der Waals surface area contributed by atoms with Crippen LogP contribution in [0.2, 0.25) is 0 Å². The van der Waals surface area contributed by atoms with Crippen LogP contribution in [0.3, 0.4) is 0 Å². The standard InChI is InChI=1S/C19H5F3N6/c1-23-15-16(24-2)28-18-17(27-15)25-13-9-5-3-4-8-11(19(20,21)22)7-6-10(12(8)9)14(13)26-18/h3-7H. The molecule has 0 aliphatic heterocycles. The molecule has 0 N–H and O–H groups in total. The van der Waals surface area contributed by atoms with E-state index in [1.165, 1.54) is 18.2 Å². The Balaban J connectivity index is 1.88. The summed E-state index contributed by atoms with van der Waals surface area (Å²) in [7, 11) is 0. The molecule has 0 atom stereocenters. The average Bonchev–Trinajstić information content (AvgIpc) is 2.99. The molecule has 28 heavy (non-hydrogen) atoms. The number of benzene rings is 2. The number of alkyl halides is 3. The van der Waals surface area contributed by atoms with Crippen LogP contribution in [-0.2, 0) is 6.18 Å². The summed E-state index contributed by atoms with van der Waals surface area (Å²) >= 11 is 0. The SMILES string of the molecule is [C-]#[N+]c1nc2nc3c(nc2nc1[N+]#[C-])-c1ccc(C(F)(F)F)c2cccc-3c12. The number of nitrogens with zero attached hydrogens (tertiary/aromatic N) is 6. The molecule has 0 saturated carbocycles. The molecule has 132 valence electrons. The van der Waals surface area contributed by atoms with E-state index in [0.29, 0.717) is 27.9 Å². The van der Waals surface area contributed by atoms with Gasteiger partial charge in [-0.15, -0.1) is 9.97 Å². The molecular formula is C19H5F3N6. The molecule has 6 nitrogen and oxygen atoms in total. The highest BCUT2D eigenvalue weighted by Crippen LogP contribution is 2.48. The van der Waals surface area contributed by atoms with E-state index in [1.54, 1.807) is 6.07 Å². The molecule has 0 spiro atoms. The molecule has 2 aromatic heterocycles. The number of aromatic nitrogens is 4. The molecule has 0 unspecified atom stereocenters. The predicted molar refractivity (Wildman–Crippen MR) is 94.6 cm³/mol. The van der Waals surface area contributed by atoms with Gasteiger partial charge in [-0.2, -0.15) is 23.1 Å². The van der Waals surface area contributed by atoms with E-state index in [0.717, 1.165) is 6.07 Å². The van der Waals surface area contributed by atoms with Gasteiger partial charge in [-0.3, -0.25) is 0 Å². The first-order chi connectivity index (χ1) is 13.4. The molecule has 0 saturated heterocycles. The fraction of sp³-hybridized carbons (Fsp3) is 0.0526. The van der Waals surface area contributed by atoms with Gasteiger partial charge in [0, 0.05) is 16.5 Å². The largest absolute Gasteiger partial charge is 0.417 e.